The van der Waals surface area contributed by atoms with Gasteiger partial charge in [-0.15, -0.1) is 5.10 Å². The van der Waals surface area contributed by atoms with Crippen molar-refractivity contribution in [1.82, 2.24) is 25.1 Å². The number of anilines is 1. The van der Waals surface area contributed by atoms with Crippen molar-refractivity contribution < 1.29 is 18.4 Å². The molecule has 2 unspecified atom stereocenters. The number of nitrogens with zero attached hydrogens (tertiary/aromatic N) is 7. The van der Waals surface area contributed by atoms with Gasteiger partial charge in [0.25, 0.3) is 5.69 Å². The van der Waals surface area contributed by atoms with E-state index >= 15 is 0 Å². The molecule has 2 atom stereocenters. The molecule has 10 nitrogen and oxygen atoms in total. The third-order valence-corrected chi connectivity index (χ3v) is 6.89. The third kappa shape index (κ3) is 4.58. The first-order chi connectivity index (χ1) is 16.9. The topological polar surface area (TPSA) is 106 Å². The largest absolute Gasteiger partial charge is 0.369 e. The molecule has 0 N–H and O–H groups in total. The van der Waals surface area contributed by atoms with Gasteiger partial charge >= 0.3 is 0 Å². The molecule has 2 fully saturated rings. The van der Waals surface area contributed by atoms with Crippen LogP contribution < -0.4 is 4.90 Å². The molecule has 0 bridgehead atoms. The zero-order chi connectivity index (χ0) is 24.6. The summed E-state index contributed by atoms with van der Waals surface area (Å²) in [4.78, 5) is 15.0. The van der Waals surface area contributed by atoms with E-state index in [0.717, 1.165) is 44.5 Å². The Kier molecular flexibility index (Phi) is 6.15. The van der Waals surface area contributed by atoms with E-state index in [2.05, 4.69) is 25.3 Å². The average molecular weight is 485 g/mol. The Morgan fingerprint density at radius 1 is 1.14 bits per heavy atom. The van der Waals surface area contributed by atoms with E-state index in [9.17, 15) is 18.9 Å². The van der Waals surface area contributed by atoms with Crippen LogP contribution in [0.3, 0.4) is 0 Å². The Morgan fingerprint density at radius 3 is 2.49 bits per heavy atom. The molecule has 184 valence electrons. The van der Waals surface area contributed by atoms with Crippen molar-refractivity contribution in [2.24, 2.45) is 0 Å². The van der Waals surface area contributed by atoms with Gasteiger partial charge in [0, 0.05) is 68.6 Å². The Morgan fingerprint density at radius 2 is 1.86 bits per heavy atom. The maximum Gasteiger partial charge on any atom is 0.269 e. The fourth-order valence-electron chi connectivity index (χ4n) is 4.68. The number of tetrazole rings is 1. The number of non-ortho nitro benzene ring substituents is 1. The molecule has 3 aromatic rings. The van der Waals surface area contributed by atoms with Crippen molar-refractivity contribution in [2.45, 2.75) is 25.0 Å². The summed E-state index contributed by atoms with van der Waals surface area (Å²) in [6, 6.07) is 9.75. The monoisotopic (exact) mass is 485 g/mol. The number of hydrogen-bond acceptors (Lipinski definition) is 8. The highest BCUT2D eigenvalue weighted by atomic mass is 19.1. The fourth-order valence-corrected chi connectivity index (χ4v) is 4.68. The summed E-state index contributed by atoms with van der Waals surface area (Å²) in [5, 5.41) is 23.0. The second kappa shape index (κ2) is 9.27. The van der Waals surface area contributed by atoms with Gasteiger partial charge in [0.15, 0.2) is 5.82 Å². The first-order valence-corrected chi connectivity index (χ1v) is 11.5. The summed E-state index contributed by atoms with van der Waals surface area (Å²) < 4.78 is 35.2. The number of rotatable bonds is 8. The molecule has 3 heterocycles. The van der Waals surface area contributed by atoms with Crippen molar-refractivity contribution in [3.8, 4) is 0 Å². The predicted molar refractivity (Wildman–Crippen MR) is 122 cm³/mol. The van der Waals surface area contributed by atoms with E-state index in [4.69, 9.17) is 4.74 Å². The lowest BCUT2D eigenvalue weighted by atomic mass is 9.92. The molecule has 0 radical (unpaired) electrons. The van der Waals surface area contributed by atoms with Crippen LogP contribution >= 0.6 is 0 Å². The van der Waals surface area contributed by atoms with Gasteiger partial charge in [-0.1, -0.05) is 6.07 Å². The molecular formula is C23H25F2N7O3. The molecular weight excluding hydrogens is 460 g/mol. The van der Waals surface area contributed by atoms with E-state index in [-0.39, 0.29) is 11.7 Å². The van der Waals surface area contributed by atoms with Gasteiger partial charge in [-0.05, 0) is 35.5 Å². The van der Waals surface area contributed by atoms with Gasteiger partial charge in [0.05, 0.1) is 17.6 Å². The van der Waals surface area contributed by atoms with Crippen LogP contribution in [-0.2, 0) is 16.8 Å². The van der Waals surface area contributed by atoms with E-state index in [0.29, 0.717) is 24.4 Å². The standard InChI is InChI=1S/C23H25F2N7O3/c1-16(23(15-35-23)20-7-2-17(24)14-21(20)25)31-22(26-27-28-31)8-9-29-10-12-30(13-11-29)18-3-5-19(6-4-18)32(33)34/h2-7,14,16H,8-13,15H2,1H3. The highest BCUT2D eigenvalue weighted by Crippen LogP contribution is 2.48. The molecule has 2 aliphatic heterocycles. The second-order valence-corrected chi connectivity index (χ2v) is 8.87. The number of benzene rings is 2. The van der Waals surface area contributed by atoms with Crippen LogP contribution in [-0.4, -0.2) is 69.4 Å². The Balaban J connectivity index is 1.19. The molecule has 2 saturated heterocycles. The Bertz CT molecular complexity index is 1210. The van der Waals surface area contributed by atoms with Crippen molar-refractivity contribution in [1.29, 1.82) is 0 Å². The van der Waals surface area contributed by atoms with Crippen molar-refractivity contribution in [2.75, 3.05) is 44.2 Å². The lowest BCUT2D eigenvalue weighted by Crippen LogP contribution is -2.47. The predicted octanol–water partition coefficient (Wildman–Crippen LogP) is 2.71. The van der Waals surface area contributed by atoms with Crippen LogP contribution in [0.4, 0.5) is 20.2 Å². The molecule has 0 saturated carbocycles. The lowest BCUT2D eigenvalue weighted by molar-refractivity contribution is -0.384. The first-order valence-electron chi connectivity index (χ1n) is 11.5. The van der Waals surface area contributed by atoms with Gasteiger partial charge in [-0.25, -0.2) is 13.5 Å². The lowest BCUT2D eigenvalue weighted by Gasteiger charge is -2.36. The number of hydrogen-bond donors (Lipinski definition) is 0. The summed E-state index contributed by atoms with van der Waals surface area (Å²) in [5.41, 5.74) is 0.434. The van der Waals surface area contributed by atoms with Gasteiger partial charge in [-0.3, -0.25) is 15.0 Å². The minimum absolute atomic E-state index is 0.0832. The maximum atomic E-state index is 14.5. The van der Waals surface area contributed by atoms with Gasteiger partial charge < -0.3 is 9.64 Å². The number of epoxide rings is 1. The molecule has 5 rings (SSSR count). The number of aromatic nitrogens is 4. The summed E-state index contributed by atoms with van der Waals surface area (Å²) in [6.07, 6.45) is 0.608. The maximum absolute atomic E-state index is 14.5. The summed E-state index contributed by atoms with van der Waals surface area (Å²) in [5.74, 6) is -0.603. The number of piperazine rings is 1. The van der Waals surface area contributed by atoms with Crippen molar-refractivity contribution in [3.63, 3.8) is 0 Å². The quantitative estimate of drug-likeness (QED) is 0.272. The second-order valence-electron chi connectivity index (χ2n) is 8.87. The van der Waals surface area contributed by atoms with Crippen LogP contribution in [0, 0.1) is 21.7 Å². The minimum atomic E-state index is -0.918. The van der Waals surface area contributed by atoms with Crippen LogP contribution in [0.5, 0.6) is 0 Å². The normalized spacial score (nSPS) is 21.2. The van der Waals surface area contributed by atoms with Crippen molar-refractivity contribution >= 4 is 11.4 Å². The molecule has 2 aromatic carbocycles. The molecule has 0 spiro atoms. The van der Waals surface area contributed by atoms with Crippen LogP contribution in [0.1, 0.15) is 24.4 Å². The van der Waals surface area contributed by atoms with Gasteiger partial charge in [-0.2, -0.15) is 0 Å². The number of halogens is 2. The molecule has 0 aliphatic carbocycles. The smallest absolute Gasteiger partial charge is 0.269 e. The Labute approximate surface area is 200 Å². The fraction of sp³-hybridized carbons (Fsp3) is 0.435. The van der Waals surface area contributed by atoms with Gasteiger partial charge in [0.1, 0.15) is 17.2 Å². The number of ether oxygens (including phenoxy) is 1. The summed E-state index contributed by atoms with van der Waals surface area (Å²) >= 11 is 0. The van der Waals surface area contributed by atoms with Crippen LogP contribution in [0.25, 0.3) is 0 Å². The van der Waals surface area contributed by atoms with E-state index in [1.165, 1.54) is 24.3 Å². The highest BCUT2D eigenvalue weighted by molar-refractivity contribution is 5.51. The van der Waals surface area contributed by atoms with Crippen molar-refractivity contribution in [3.05, 3.63) is 75.6 Å². The third-order valence-electron chi connectivity index (χ3n) is 6.89. The van der Waals surface area contributed by atoms with E-state index in [1.807, 2.05) is 6.92 Å². The molecule has 12 heteroatoms. The number of nitro groups is 1. The molecule has 1 aromatic heterocycles. The van der Waals surface area contributed by atoms with Crippen LogP contribution in [0.2, 0.25) is 0 Å². The van der Waals surface area contributed by atoms with Crippen LogP contribution in [0.15, 0.2) is 42.5 Å². The first kappa shape index (κ1) is 23.2. The molecule has 35 heavy (non-hydrogen) atoms. The molecule has 0 amide bonds. The zero-order valence-electron chi connectivity index (χ0n) is 19.2. The SMILES string of the molecule is CC(n1nnnc1CCN1CCN(c2ccc([N+](=O)[O-])cc2)CC1)C1(c2ccc(F)cc2F)CO1. The molecule has 2 aliphatic rings. The highest BCUT2D eigenvalue weighted by Gasteiger charge is 2.54. The number of nitro benzene ring substituents is 1. The Hall–Kier alpha value is -3.51. The minimum Gasteiger partial charge on any atom is -0.369 e. The average Bonchev–Trinajstić information content (AvgIpc) is 3.52. The zero-order valence-corrected chi connectivity index (χ0v) is 19.2. The van der Waals surface area contributed by atoms with Gasteiger partial charge in [0.2, 0.25) is 0 Å². The summed E-state index contributed by atoms with van der Waals surface area (Å²) in [7, 11) is 0. The summed E-state index contributed by atoms with van der Waals surface area (Å²) in [6.45, 7) is 6.21. The van der Waals surface area contributed by atoms with E-state index in [1.54, 1.807) is 16.8 Å². The van der Waals surface area contributed by atoms with E-state index < -0.39 is 22.2 Å².